The number of carbonyl (C=O) groups excluding carboxylic acids is 2. The lowest BCUT2D eigenvalue weighted by Crippen LogP contribution is -2.47. The van der Waals surface area contributed by atoms with Gasteiger partial charge in [0, 0.05) is 6.20 Å². The Morgan fingerprint density at radius 1 is 1.48 bits per heavy atom. The van der Waals surface area contributed by atoms with E-state index in [9.17, 15) is 19.8 Å². The monoisotopic (exact) mass is 388 g/mol. The lowest BCUT2D eigenvalue weighted by Gasteiger charge is -2.33. The Balaban J connectivity index is 1.68. The highest BCUT2D eigenvalue weighted by atomic mass is 16.8. The molecule has 3 aliphatic heterocycles. The second-order valence-corrected chi connectivity index (χ2v) is 6.11. The van der Waals surface area contributed by atoms with E-state index in [4.69, 9.17) is 29.9 Å². The van der Waals surface area contributed by atoms with Gasteiger partial charge in [0.1, 0.15) is 18.8 Å². The first-order chi connectivity index (χ1) is 12.8. The van der Waals surface area contributed by atoms with Gasteiger partial charge in [0.05, 0.1) is 6.10 Å². The molecule has 0 aromatic heterocycles. The van der Waals surface area contributed by atoms with E-state index in [2.05, 4.69) is 4.99 Å². The van der Waals surface area contributed by atoms with Gasteiger partial charge in [0.25, 0.3) is 0 Å². The normalized spacial score (nSPS) is 34.3. The van der Waals surface area contributed by atoms with Crippen molar-refractivity contribution < 1.29 is 44.0 Å². The maximum Gasteiger partial charge on any atom is 0.509 e. The zero-order chi connectivity index (χ0) is 19.7. The van der Waals surface area contributed by atoms with Crippen molar-refractivity contribution in [2.75, 3.05) is 6.61 Å². The predicted octanol–water partition coefficient (Wildman–Crippen LogP) is -2.65. The summed E-state index contributed by atoms with van der Waals surface area (Å²) in [4.78, 5) is 28.3. The number of amidine groups is 1. The molecule has 0 spiro atoms. The van der Waals surface area contributed by atoms with E-state index in [1.807, 2.05) is 0 Å². The Morgan fingerprint density at radius 3 is 2.81 bits per heavy atom. The summed E-state index contributed by atoms with van der Waals surface area (Å²) in [5, 5.41) is 28.3. The number of hydrogen-bond donors (Lipinski definition) is 5. The minimum absolute atomic E-state index is 0.0190. The molecule has 7 atom stereocenters. The molecule has 0 aromatic carbocycles. The molecule has 0 aromatic rings. The largest absolute Gasteiger partial charge is 0.509 e. The van der Waals surface area contributed by atoms with Crippen molar-refractivity contribution in [1.29, 1.82) is 0 Å². The highest BCUT2D eigenvalue weighted by molar-refractivity contribution is 5.92. The molecule has 0 aliphatic carbocycles. The molecule has 0 radical (unpaired) electrons. The van der Waals surface area contributed by atoms with Gasteiger partial charge in [-0.25, -0.2) is 9.79 Å². The summed E-state index contributed by atoms with van der Waals surface area (Å²) in [5.41, 5.74) is 7.29. The van der Waals surface area contributed by atoms with E-state index in [0.717, 1.165) is 0 Å². The molecule has 6 N–H and O–H groups in total. The summed E-state index contributed by atoms with van der Waals surface area (Å²) >= 11 is 0. The second kappa shape index (κ2) is 7.66. The van der Waals surface area contributed by atoms with Crippen molar-refractivity contribution >= 4 is 18.0 Å². The van der Waals surface area contributed by atoms with Gasteiger partial charge in [0.2, 0.25) is 6.35 Å². The van der Waals surface area contributed by atoms with Crippen molar-refractivity contribution in [3.8, 4) is 0 Å². The minimum Gasteiger partial charge on any atom is -0.462 e. The number of aliphatic hydroxyl groups excluding tert-OH is 2. The average Bonchev–Trinajstić information content (AvgIpc) is 3.16. The van der Waals surface area contributed by atoms with Crippen LogP contribution in [-0.2, 0) is 23.7 Å². The zero-order valence-corrected chi connectivity index (χ0v) is 14.2. The van der Waals surface area contributed by atoms with Crippen LogP contribution in [0.4, 0.5) is 4.79 Å². The summed E-state index contributed by atoms with van der Waals surface area (Å²) in [6.45, 7) is 1.03. The lowest BCUT2D eigenvalue weighted by molar-refractivity contribution is -0.161. The van der Waals surface area contributed by atoms with Gasteiger partial charge in [0.15, 0.2) is 24.3 Å². The maximum atomic E-state index is 11.8. The number of fused-ring (bicyclic) bond motifs is 1. The van der Waals surface area contributed by atoms with Crippen LogP contribution in [0, 0.1) is 0 Å². The number of esters is 1. The molecule has 13 heteroatoms. The van der Waals surface area contributed by atoms with E-state index in [0.29, 0.717) is 0 Å². The average molecular weight is 388 g/mol. The standard InChI is InChI=1S/C14H20N4O9/c1-5(19)8(15)12(20)24-4-6-9-10(27-14(22)26-9)11(25-6)18-3-2-7(17-23)16-13(18)21/h2-3,5-6,8-11,13,19,21,23H,4,15H2,1H3,(H,16,17)/t5?,6-,8+,9-,10-,11-,13?/m1/s1. The molecule has 3 rings (SSSR count). The molecule has 13 nitrogen and oxygen atoms in total. The Bertz CT molecular complexity index is 654. The third-order valence-electron chi connectivity index (χ3n) is 4.27. The Morgan fingerprint density at radius 2 is 2.19 bits per heavy atom. The maximum absolute atomic E-state index is 11.8. The number of carbonyl (C=O) groups is 2. The SMILES string of the molecule is CC(O)[C@H](N)C(=O)OC[C@H]1O[C@@H](N2C=CC(NO)=NC2O)[C@@H]2OC(=O)O[C@@H]21. The predicted molar refractivity (Wildman–Crippen MR) is 83.8 cm³/mol. The first-order valence-corrected chi connectivity index (χ1v) is 8.06. The van der Waals surface area contributed by atoms with Gasteiger partial charge in [-0.15, -0.1) is 0 Å². The van der Waals surface area contributed by atoms with Gasteiger partial charge in [-0.3, -0.25) is 15.5 Å². The quantitative estimate of drug-likeness (QED) is 0.244. The van der Waals surface area contributed by atoms with E-state index >= 15 is 0 Å². The molecule has 3 heterocycles. The van der Waals surface area contributed by atoms with Crippen LogP contribution in [0.15, 0.2) is 17.3 Å². The van der Waals surface area contributed by atoms with E-state index in [1.165, 1.54) is 24.1 Å². The van der Waals surface area contributed by atoms with Gasteiger partial charge in [-0.05, 0) is 13.0 Å². The lowest BCUT2D eigenvalue weighted by atomic mass is 10.1. The Kier molecular flexibility index (Phi) is 5.48. The number of aliphatic hydroxyl groups is 2. The molecule has 150 valence electrons. The molecule has 27 heavy (non-hydrogen) atoms. The summed E-state index contributed by atoms with van der Waals surface area (Å²) in [6, 6.07) is -1.23. The van der Waals surface area contributed by atoms with E-state index in [1.54, 1.807) is 5.48 Å². The van der Waals surface area contributed by atoms with E-state index in [-0.39, 0.29) is 12.4 Å². The molecular formula is C14H20N4O9. The smallest absolute Gasteiger partial charge is 0.462 e. The third kappa shape index (κ3) is 3.81. The van der Waals surface area contributed by atoms with Crippen LogP contribution in [0.25, 0.3) is 0 Å². The van der Waals surface area contributed by atoms with Crippen LogP contribution in [0.3, 0.4) is 0 Å². The van der Waals surface area contributed by atoms with Gasteiger partial charge < -0.3 is 39.8 Å². The molecular weight excluding hydrogens is 368 g/mol. The number of hydrogen-bond acceptors (Lipinski definition) is 13. The third-order valence-corrected chi connectivity index (χ3v) is 4.27. The van der Waals surface area contributed by atoms with Crippen molar-refractivity contribution in [2.45, 2.75) is 50.0 Å². The van der Waals surface area contributed by atoms with Crippen molar-refractivity contribution in [3.05, 3.63) is 12.3 Å². The zero-order valence-electron chi connectivity index (χ0n) is 14.2. The van der Waals surface area contributed by atoms with Crippen LogP contribution >= 0.6 is 0 Å². The number of nitrogens with two attached hydrogens (primary N) is 1. The van der Waals surface area contributed by atoms with Gasteiger partial charge in [-0.2, -0.15) is 0 Å². The molecule has 2 fully saturated rings. The number of hydroxylamine groups is 1. The fraction of sp³-hybridized carbons (Fsp3) is 0.643. The molecule has 2 unspecified atom stereocenters. The topological polar surface area (TPSA) is 185 Å². The van der Waals surface area contributed by atoms with Crippen molar-refractivity contribution in [3.63, 3.8) is 0 Å². The Labute approximate surface area is 152 Å². The van der Waals surface area contributed by atoms with Crippen LogP contribution in [-0.4, -0.2) is 87.9 Å². The summed E-state index contributed by atoms with van der Waals surface area (Å²) in [5.74, 6) is -0.828. The first kappa shape index (κ1) is 19.3. The van der Waals surface area contributed by atoms with Crippen LogP contribution < -0.4 is 11.2 Å². The molecule has 0 bridgehead atoms. The minimum atomic E-state index is -1.43. The van der Waals surface area contributed by atoms with Crippen LogP contribution in [0.5, 0.6) is 0 Å². The van der Waals surface area contributed by atoms with Crippen molar-refractivity contribution in [1.82, 2.24) is 10.4 Å². The highest BCUT2D eigenvalue weighted by Gasteiger charge is 2.57. The fourth-order valence-electron chi connectivity index (χ4n) is 2.81. The molecule has 3 aliphatic rings. The first-order valence-electron chi connectivity index (χ1n) is 8.06. The summed E-state index contributed by atoms with van der Waals surface area (Å²) in [7, 11) is 0. The fourth-order valence-corrected chi connectivity index (χ4v) is 2.81. The second-order valence-electron chi connectivity index (χ2n) is 6.11. The van der Waals surface area contributed by atoms with Crippen molar-refractivity contribution in [2.24, 2.45) is 10.7 Å². The van der Waals surface area contributed by atoms with Crippen LogP contribution in [0.1, 0.15) is 6.92 Å². The molecule has 0 amide bonds. The Hall–Kier alpha value is -2.45. The van der Waals surface area contributed by atoms with Gasteiger partial charge in [-0.1, -0.05) is 0 Å². The number of aliphatic imine (C=N–C) groups is 1. The number of rotatable bonds is 5. The summed E-state index contributed by atoms with van der Waals surface area (Å²) in [6.07, 6.45) is -4.39. The van der Waals surface area contributed by atoms with E-state index < -0.39 is 55.2 Å². The number of nitrogens with zero attached hydrogens (tertiary/aromatic N) is 2. The van der Waals surface area contributed by atoms with Crippen LogP contribution in [0.2, 0.25) is 0 Å². The molecule has 2 saturated heterocycles. The highest BCUT2D eigenvalue weighted by Crippen LogP contribution is 2.35. The van der Waals surface area contributed by atoms with Gasteiger partial charge >= 0.3 is 12.1 Å². The summed E-state index contributed by atoms with van der Waals surface area (Å²) < 4.78 is 20.9. The number of ether oxygens (including phenoxy) is 4. The number of nitrogens with one attached hydrogen (secondary N) is 1. The molecule has 0 saturated carbocycles.